The van der Waals surface area contributed by atoms with E-state index in [0.29, 0.717) is 29.1 Å². The SMILES string of the molecule is CCc1c(/C=C/C(C)=O)n(S(=O)(=O)c2ccc(C)cc2)c2cc(OC)c(OC)cc12. The molecule has 158 valence electrons. The molecule has 0 bridgehead atoms. The molecule has 0 N–H and O–H groups in total. The third kappa shape index (κ3) is 3.73. The van der Waals surface area contributed by atoms with Crippen LogP contribution in [0, 0.1) is 6.92 Å². The highest BCUT2D eigenvalue weighted by molar-refractivity contribution is 7.90. The zero-order chi connectivity index (χ0) is 22.1. The van der Waals surface area contributed by atoms with Gasteiger partial charge in [0.05, 0.1) is 30.3 Å². The van der Waals surface area contributed by atoms with Crippen molar-refractivity contribution in [2.75, 3.05) is 14.2 Å². The van der Waals surface area contributed by atoms with Crippen LogP contribution in [-0.4, -0.2) is 32.4 Å². The maximum absolute atomic E-state index is 13.7. The molecule has 0 spiro atoms. The second-order valence-electron chi connectivity index (χ2n) is 6.97. The average Bonchev–Trinajstić information content (AvgIpc) is 3.04. The summed E-state index contributed by atoms with van der Waals surface area (Å²) in [5, 5.41) is 0.731. The van der Waals surface area contributed by atoms with Crippen molar-refractivity contribution in [3.05, 3.63) is 59.3 Å². The van der Waals surface area contributed by atoms with Crippen molar-refractivity contribution in [1.82, 2.24) is 3.97 Å². The number of methoxy groups -OCH3 is 2. The number of hydrogen-bond donors (Lipinski definition) is 0. The topological polar surface area (TPSA) is 74.6 Å². The van der Waals surface area contributed by atoms with Crippen LogP contribution >= 0.6 is 0 Å². The summed E-state index contributed by atoms with van der Waals surface area (Å²) in [5.41, 5.74) is 2.68. The van der Waals surface area contributed by atoms with E-state index >= 15 is 0 Å². The van der Waals surface area contributed by atoms with Crippen molar-refractivity contribution in [2.24, 2.45) is 0 Å². The van der Waals surface area contributed by atoms with Crippen molar-refractivity contribution < 1.29 is 22.7 Å². The van der Waals surface area contributed by atoms with Gasteiger partial charge in [-0.15, -0.1) is 0 Å². The number of ether oxygens (including phenoxy) is 2. The smallest absolute Gasteiger partial charge is 0.268 e. The quantitative estimate of drug-likeness (QED) is 0.524. The van der Waals surface area contributed by atoms with Gasteiger partial charge in [0.1, 0.15) is 0 Å². The van der Waals surface area contributed by atoms with Gasteiger partial charge in [-0.3, -0.25) is 4.79 Å². The van der Waals surface area contributed by atoms with E-state index in [1.54, 1.807) is 42.5 Å². The number of rotatable bonds is 7. The molecule has 3 rings (SSSR count). The minimum Gasteiger partial charge on any atom is -0.493 e. The lowest BCUT2D eigenvalue weighted by molar-refractivity contribution is -0.112. The van der Waals surface area contributed by atoms with Crippen LogP contribution in [0.4, 0.5) is 0 Å². The van der Waals surface area contributed by atoms with Gasteiger partial charge in [0.25, 0.3) is 10.0 Å². The Morgan fingerprint density at radius 3 is 2.20 bits per heavy atom. The van der Waals surface area contributed by atoms with E-state index in [2.05, 4.69) is 0 Å². The van der Waals surface area contributed by atoms with E-state index < -0.39 is 10.0 Å². The van der Waals surface area contributed by atoms with Crippen molar-refractivity contribution >= 4 is 32.8 Å². The lowest BCUT2D eigenvalue weighted by Gasteiger charge is -2.12. The standard InChI is InChI=1S/C23H25NO5S/c1-6-18-19-13-22(28-4)23(29-5)14-21(19)24(20(18)12-9-16(3)25)30(26,27)17-10-7-15(2)8-11-17/h7-14H,6H2,1-5H3/b12-9+. The molecule has 0 fully saturated rings. The fourth-order valence-corrected chi connectivity index (χ4v) is 5.01. The highest BCUT2D eigenvalue weighted by atomic mass is 32.2. The van der Waals surface area contributed by atoms with E-state index in [1.807, 2.05) is 13.8 Å². The number of hydrogen-bond acceptors (Lipinski definition) is 5. The van der Waals surface area contributed by atoms with Crippen LogP contribution in [0.25, 0.3) is 17.0 Å². The van der Waals surface area contributed by atoms with Gasteiger partial charge in [-0.05, 0) is 56.2 Å². The minimum absolute atomic E-state index is 0.167. The van der Waals surface area contributed by atoms with E-state index in [9.17, 15) is 13.2 Å². The van der Waals surface area contributed by atoms with Crippen LogP contribution in [0.15, 0.2) is 47.4 Å². The predicted molar refractivity (Wildman–Crippen MR) is 118 cm³/mol. The first-order chi connectivity index (χ1) is 14.2. The Hall–Kier alpha value is -3.06. The summed E-state index contributed by atoms with van der Waals surface area (Å²) in [4.78, 5) is 11.8. The maximum atomic E-state index is 13.7. The highest BCUT2D eigenvalue weighted by Gasteiger charge is 2.27. The van der Waals surface area contributed by atoms with E-state index in [-0.39, 0.29) is 10.7 Å². The molecule has 0 saturated heterocycles. The summed E-state index contributed by atoms with van der Waals surface area (Å²) in [6.07, 6.45) is 3.51. The number of nitrogens with zero attached hydrogens (tertiary/aromatic N) is 1. The summed E-state index contributed by atoms with van der Waals surface area (Å²) < 4.78 is 39.5. The molecule has 0 amide bonds. The summed E-state index contributed by atoms with van der Waals surface area (Å²) in [6, 6.07) is 10.1. The first kappa shape index (κ1) is 21.6. The third-order valence-electron chi connectivity index (χ3n) is 4.96. The highest BCUT2D eigenvalue weighted by Crippen LogP contribution is 2.39. The molecule has 0 unspecified atom stereocenters. The lowest BCUT2D eigenvalue weighted by atomic mass is 10.1. The fourth-order valence-electron chi connectivity index (χ4n) is 3.48. The Bertz CT molecular complexity index is 1240. The largest absolute Gasteiger partial charge is 0.493 e. The molecule has 1 heterocycles. The summed E-state index contributed by atoms with van der Waals surface area (Å²) in [6.45, 7) is 5.27. The lowest BCUT2D eigenvalue weighted by Crippen LogP contribution is -2.15. The molecule has 1 aromatic heterocycles. The Labute approximate surface area is 176 Å². The van der Waals surface area contributed by atoms with Gasteiger partial charge in [0, 0.05) is 11.5 Å². The van der Waals surface area contributed by atoms with Crippen LogP contribution in [0.3, 0.4) is 0 Å². The van der Waals surface area contributed by atoms with Crippen molar-refractivity contribution in [3.63, 3.8) is 0 Å². The van der Waals surface area contributed by atoms with Crippen LogP contribution in [-0.2, 0) is 21.2 Å². The van der Waals surface area contributed by atoms with E-state index in [4.69, 9.17) is 9.47 Å². The number of aryl methyl sites for hydroxylation is 2. The van der Waals surface area contributed by atoms with E-state index in [0.717, 1.165) is 16.5 Å². The molecule has 2 aromatic carbocycles. The Morgan fingerprint density at radius 1 is 1.07 bits per heavy atom. The number of aromatic nitrogens is 1. The van der Waals surface area contributed by atoms with Gasteiger partial charge in [0.2, 0.25) is 0 Å². The maximum Gasteiger partial charge on any atom is 0.268 e. The number of fused-ring (bicyclic) bond motifs is 1. The third-order valence-corrected chi connectivity index (χ3v) is 6.70. The number of carbonyl (C=O) groups excluding carboxylic acids is 1. The van der Waals surface area contributed by atoms with Crippen LogP contribution < -0.4 is 9.47 Å². The van der Waals surface area contributed by atoms with Crippen molar-refractivity contribution in [1.29, 1.82) is 0 Å². The van der Waals surface area contributed by atoms with Crippen LogP contribution in [0.1, 0.15) is 30.7 Å². The molecule has 7 heteroatoms. The summed E-state index contributed by atoms with van der Waals surface area (Å²) >= 11 is 0. The Morgan fingerprint density at radius 2 is 1.67 bits per heavy atom. The molecule has 0 aliphatic rings. The number of carbonyl (C=O) groups is 1. The molecule has 0 radical (unpaired) electrons. The Balaban J connectivity index is 2.47. The molecule has 0 aliphatic carbocycles. The monoisotopic (exact) mass is 427 g/mol. The molecule has 0 atom stereocenters. The van der Waals surface area contributed by atoms with Gasteiger partial charge in [0.15, 0.2) is 17.3 Å². The van der Waals surface area contributed by atoms with Crippen molar-refractivity contribution in [3.8, 4) is 11.5 Å². The van der Waals surface area contributed by atoms with Crippen LogP contribution in [0.2, 0.25) is 0 Å². The van der Waals surface area contributed by atoms with Crippen LogP contribution in [0.5, 0.6) is 11.5 Å². The number of ketones is 1. The molecular weight excluding hydrogens is 402 g/mol. The van der Waals surface area contributed by atoms with Gasteiger partial charge in [-0.2, -0.15) is 0 Å². The zero-order valence-corrected chi connectivity index (χ0v) is 18.5. The molecular formula is C23H25NO5S. The Kier molecular flexibility index (Phi) is 6.03. The van der Waals surface area contributed by atoms with Gasteiger partial charge < -0.3 is 9.47 Å². The number of benzene rings is 2. The predicted octanol–water partition coefficient (Wildman–Crippen LogP) is 4.37. The van der Waals surface area contributed by atoms with Crippen molar-refractivity contribution in [2.45, 2.75) is 32.1 Å². The first-order valence-corrected chi connectivity index (χ1v) is 11.0. The second kappa shape index (κ2) is 8.36. The normalized spacial score (nSPS) is 11.9. The van der Waals surface area contributed by atoms with Gasteiger partial charge >= 0.3 is 0 Å². The average molecular weight is 428 g/mol. The summed E-state index contributed by atoms with van der Waals surface area (Å²) in [5.74, 6) is 0.760. The van der Waals surface area contributed by atoms with Gasteiger partial charge in [-0.1, -0.05) is 24.6 Å². The minimum atomic E-state index is -3.94. The summed E-state index contributed by atoms with van der Waals surface area (Å²) in [7, 11) is -0.901. The number of allylic oxidation sites excluding steroid dienone is 1. The first-order valence-electron chi connectivity index (χ1n) is 9.54. The zero-order valence-electron chi connectivity index (χ0n) is 17.7. The van der Waals surface area contributed by atoms with E-state index in [1.165, 1.54) is 31.2 Å². The van der Waals surface area contributed by atoms with Gasteiger partial charge in [-0.25, -0.2) is 12.4 Å². The fraction of sp³-hybridized carbons (Fsp3) is 0.261. The second-order valence-corrected chi connectivity index (χ2v) is 8.75. The molecule has 3 aromatic rings. The molecule has 0 saturated carbocycles. The molecule has 30 heavy (non-hydrogen) atoms. The molecule has 0 aliphatic heterocycles. The molecule has 6 nitrogen and oxygen atoms in total.